The third-order valence-electron chi connectivity index (χ3n) is 4.64. The summed E-state index contributed by atoms with van der Waals surface area (Å²) in [5.74, 6) is 0.161. The summed E-state index contributed by atoms with van der Waals surface area (Å²) < 4.78 is 0. The van der Waals surface area contributed by atoms with Crippen LogP contribution >= 0.6 is 0 Å². The molecule has 0 aliphatic carbocycles. The first-order valence-corrected chi connectivity index (χ1v) is 10.3. The molecule has 0 saturated heterocycles. The monoisotopic (exact) mass is 283 g/mol. The Kier molecular flexibility index (Phi) is 6.81. The lowest BCUT2D eigenvalue weighted by molar-refractivity contribution is -0.120. The summed E-state index contributed by atoms with van der Waals surface area (Å²) in [6.45, 7) is 15.3. The van der Waals surface area contributed by atoms with E-state index in [2.05, 4.69) is 50.8 Å². The molecule has 0 amide bonds. The zero-order valence-corrected chi connectivity index (χ0v) is 14.5. The Morgan fingerprint density at radius 2 is 1.84 bits per heavy atom. The van der Waals surface area contributed by atoms with Gasteiger partial charge in [0.1, 0.15) is 5.78 Å². The third kappa shape index (κ3) is 4.36. The van der Waals surface area contributed by atoms with E-state index < -0.39 is 14.1 Å². The topological polar surface area (TPSA) is 65.8 Å². The first-order chi connectivity index (χ1) is 8.63. The average molecular weight is 283 g/mol. The number of hydrogen-bond acceptors (Lipinski definition) is 2. The highest BCUT2D eigenvalue weighted by atomic mass is 28.3. The van der Waals surface area contributed by atoms with Crippen molar-refractivity contribution in [3.63, 3.8) is 0 Å². The summed E-state index contributed by atoms with van der Waals surface area (Å²) >= 11 is 0. The summed E-state index contributed by atoms with van der Waals surface area (Å²) in [6.07, 6.45) is 2.37. The fourth-order valence-electron chi connectivity index (χ4n) is 2.41. The Labute approximate surface area is 118 Å². The van der Waals surface area contributed by atoms with Crippen LogP contribution < -0.4 is 0 Å². The van der Waals surface area contributed by atoms with Gasteiger partial charge in [0.15, 0.2) is 0 Å². The maximum absolute atomic E-state index is 12.7. The van der Waals surface area contributed by atoms with Gasteiger partial charge in [-0.05, 0) is 23.4 Å². The highest BCUT2D eigenvalue weighted by Crippen LogP contribution is 2.45. The normalized spacial score (nSPS) is 15.5. The van der Waals surface area contributed by atoms with Crippen molar-refractivity contribution in [2.24, 2.45) is 5.11 Å². The number of nitrogens with zero attached hydrogens (tertiary/aromatic N) is 3. The zero-order valence-electron chi connectivity index (χ0n) is 13.5. The van der Waals surface area contributed by atoms with Crippen LogP contribution in [0.1, 0.15) is 53.9 Å². The second-order valence-electron chi connectivity index (χ2n) is 6.84. The van der Waals surface area contributed by atoms with Crippen molar-refractivity contribution in [2.75, 3.05) is 0 Å². The van der Waals surface area contributed by atoms with Crippen LogP contribution in [0.5, 0.6) is 0 Å². The van der Waals surface area contributed by atoms with Crippen LogP contribution in [0.2, 0.25) is 23.7 Å². The first-order valence-electron chi connectivity index (χ1n) is 7.21. The maximum atomic E-state index is 12.7. The van der Waals surface area contributed by atoms with E-state index in [1.54, 1.807) is 0 Å². The van der Waals surface area contributed by atoms with E-state index in [1.807, 2.05) is 6.92 Å². The molecule has 0 fully saturated rings. The first kappa shape index (κ1) is 18.2. The van der Waals surface area contributed by atoms with Crippen molar-refractivity contribution < 1.29 is 4.79 Å². The standard InChI is InChI=1S/C14H29N3OSi/c1-8-10-11(16-17-15)13(18)12(9-2)19(6,7)14(3,4)5/h11-12H,8-10H2,1-7H3/t11-,12-/m0/s1. The van der Waals surface area contributed by atoms with Crippen LogP contribution in [0, 0.1) is 0 Å². The Morgan fingerprint density at radius 3 is 2.16 bits per heavy atom. The van der Waals surface area contributed by atoms with E-state index in [-0.39, 0.29) is 16.4 Å². The molecule has 0 rings (SSSR count). The van der Waals surface area contributed by atoms with E-state index in [4.69, 9.17) is 5.53 Å². The highest BCUT2D eigenvalue weighted by molar-refractivity contribution is 6.84. The molecule has 0 saturated carbocycles. The smallest absolute Gasteiger partial charge is 0.142 e. The van der Waals surface area contributed by atoms with E-state index in [0.29, 0.717) is 6.42 Å². The molecule has 0 aliphatic rings. The molecule has 0 aromatic carbocycles. The summed E-state index contributed by atoms with van der Waals surface area (Å²) in [6, 6.07) is -0.478. The number of carbonyl (C=O) groups is 1. The second kappa shape index (κ2) is 7.11. The van der Waals surface area contributed by atoms with Gasteiger partial charge in [-0.3, -0.25) is 4.79 Å². The Morgan fingerprint density at radius 1 is 1.32 bits per heavy atom. The number of azide groups is 1. The molecule has 19 heavy (non-hydrogen) atoms. The minimum atomic E-state index is -1.75. The number of hydrogen-bond donors (Lipinski definition) is 0. The van der Waals surface area contributed by atoms with Gasteiger partial charge in [-0.1, -0.05) is 59.2 Å². The van der Waals surface area contributed by atoms with Gasteiger partial charge in [0.2, 0.25) is 0 Å². The van der Waals surface area contributed by atoms with Crippen LogP contribution in [0.3, 0.4) is 0 Å². The minimum absolute atomic E-state index is 0.0644. The lowest BCUT2D eigenvalue weighted by atomic mass is 10.0. The van der Waals surface area contributed by atoms with Crippen LogP contribution in [-0.2, 0) is 4.79 Å². The number of rotatable bonds is 7. The van der Waals surface area contributed by atoms with Crippen molar-refractivity contribution in [1.29, 1.82) is 0 Å². The minimum Gasteiger partial charge on any atom is -0.299 e. The van der Waals surface area contributed by atoms with Crippen LogP contribution in [-0.4, -0.2) is 19.9 Å². The lowest BCUT2D eigenvalue weighted by Crippen LogP contribution is -2.47. The SMILES string of the molecule is CCC[C@H](N=[N+]=[N-])C(=O)[C@H](CC)[Si](C)(C)C(C)(C)C. The van der Waals surface area contributed by atoms with Crippen molar-refractivity contribution in [2.45, 2.75) is 83.6 Å². The molecule has 0 aromatic heterocycles. The van der Waals surface area contributed by atoms with E-state index in [0.717, 1.165) is 12.8 Å². The number of ketones is 1. The molecule has 110 valence electrons. The van der Waals surface area contributed by atoms with Crippen LogP contribution in [0.4, 0.5) is 0 Å². The second-order valence-corrected chi connectivity index (χ2v) is 12.5. The molecule has 0 bridgehead atoms. The quantitative estimate of drug-likeness (QED) is 0.270. The van der Waals surface area contributed by atoms with Crippen molar-refractivity contribution >= 4 is 13.9 Å². The molecule has 0 aliphatic heterocycles. The third-order valence-corrected chi connectivity index (χ3v) is 10.9. The van der Waals surface area contributed by atoms with Crippen LogP contribution in [0.15, 0.2) is 5.11 Å². The molecule has 4 nitrogen and oxygen atoms in total. The number of carbonyl (C=O) groups excluding carboxylic acids is 1. The predicted octanol–water partition coefficient (Wildman–Crippen LogP) is 5.32. The molecule has 5 heteroatoms. The Bertz CT molecular complexity index is 354. The zero-order chi connectivity index (χ0) is 15.3. The molecule has 0 aromatic rings. The van der Waals surface area contributed by atoms with Gasteiger partial charge in [0, 0.05) is 10.5 Å². The molecule has 2 atom stereocenters. The predicted molar refractivity (Wildman–Crippen MR) is 84.1 cm³/mol. The van der Waals surface area contributed by atoms with Gasteiger partial charge in [-0.15, -0.1) is 0 Å². The summed E-state index contributed by atoms with van der Waals surface area (Å²) in [4.78, 5) is 15.6. The fourth-order valence-corrected chi connectivity index (χ4v) is 5.38. The molecule has 0 spiro atoms. The molecular weight excluding hydrogens is 254 g/mol. The van der Waals surface area contributed by atoms with E-state index >= 15 is 0 Å². The van der Waals surface area contributed by atoms with E-state index in [1.165, 1.54) is 0 Å². The van der Waals surface area contributed by atoms with Gasteiger partial charge >= 0.3 is 0 Å². The molecular formula is C14H29N3OSi. The largest absolute Gasteiger partial charge is 0.299 e. The number of Topliss-reactive ketones (excluding diaryl/α,β-unsaturated/α-hetero) is 1. The Hall–Kier alpha value is -0.803. The van der Waals surface area contributed by atoms with Crippen LogP contribution in [0.25, 0.3) is 10.4 Å². The van der Waals surface area contributed by atoms with Crippen molar-refractivity contribution in [1.82, 2.24) is 0 Å². The van der Waals surface area contributed by atoms with Gasteiger partial charge in [-0.25, -0.2) is 0 Å². The van der Waals surface area contributed by atoms with Gasteiger partial charge < -0.3 is 0 Å². The lowest BCUT2D eigenvalue weighted by Gasteiger charge is -2.43. The van der Waals surface area contributed by atoms with E-state index in [9.17, 15) is 4.79 Å². The van der Waals surface area contributed by atoms with Crippen molar-refractivity contribution in [3.8, 4) is 0 Å². The molecule has 0 radical (unpaired) electrons. The van der Waals surface area contributed by atoms with Gasteiger partial charge in [0.25, 0.3) is 0 Å². The highest BCUT2D eigenvalue weighted by Gasteiger charge is 2.45. The van der Waals surface area contributed by atoms with Gasteiger partial charge in [-0.2, -0.15) is 0 Å². The molecule has 0 heterocycles. The summed E-state index contributed by atoms with van der Waals surface area (Å²) in [7, 11) is -1.75. The summed E-state index contributed by atoms with van der Waals surface area (Å²) in [5, 5.41) is 3.89. The average Bonchev–Trinajstić information content (AvgIpc) is 2.27. The van der Waals surface area contributed by atoms with Crippen molar-refractivity contribution in [3.05, 3.63) is 10.4 Å². The van der Waals surface area contributed by atoms with Gasteiger partial charge in [0.05, 0.1) is 14.1 Å². The maximum Gasteiger partial charge on any atom is 0.142 e. The molecule has 0 N–H and O–H groups in total. The molecule has 0 unspecified atom stereocenters. The summed E-state index contributed by atoms with van der Waals surface area (Å²) in [5.41, 5.74) is 8.71. The Balaban J connectivity index is 5.35. The fraction of sp³-hybridized carbons (Fsp3) is 0.929.